The molecule has 17 heavy (non-hydrogen) atoms. The van der Waals surface area contributed by atoms with E-state index in [4.69, 9.17) is 20.3 Å². The minimum absolute atomic E-state index is 0.793. The van der Waals surface area contributed by atoms with Gasteiger partial charge >= 0.3 is 7.12 Å². The van der Waals surface area contributed by atoms with Gasteiger partial charge in [0.05, 0.1) is 11.2 Å². The fourth-order valence-corrected chi connectivity index (χ4v) is 1.10. The number of hydrogen-bond donors (Lipinski definition) is 4. The van der Waals surface area contributed by atoms with E-state index in [1.807, 2.05) is 6.08 Å². The smallest absolute Gasteiger partial charge is 0.423 e. The highest BCUT2D eigenvalue weighted by Gasteiger charge is 2.31. The average Bonchev–Trinajstić information content (AvgIpc) is 2.17. The highest BCUT2D eigenvalue weighted by molar-refractivity contribution is 6.50. The van der Waals surface area contributed by atoms with Crippen LogP contribution in [0, 0.1) is 0 Å². The lowest BCUT2D eigenvalue weighted by atomic mass is 9.74. The van der Waals surface area contributed by atoms with Gasteiger partial charge in [-0.25, -0.2) is 0 Å². The first-order chi connectivity index (χ1) is 7.55. The highest BCUT2D eigenvalue weighted by Crippen LogP contribution is 2.19. The second-order valence-corrected chi connectivity index (χ2v) is 5.52. The zero-order chi connectivity index (χ0) is 13.7. The Hall–Kier alpha value is -0.355. The Morgan fingerprint density at radius 3 is 1.65 bits per heavy atom. The molecule has 0 fully saturated rings. The molecule has 0 unspecified atom stereocenters. The quantitative estimate of drug-likeness (QED) is 0.547. The van der Waals surface area contributed by atoms with E-state index in [-0.39, 0.29) is 0 Å². The van der Waals surface area contributed by atoms with Gasteiger partial charge in [-0.05, 0) is 58.9 Å². The van der Waals surface area contributed by atoms with Crippen molar-refractivity contribution in [2.45, 2.75) is 64.6 Å². The van der Waals surface area contributed by atoms with Gasteiger partial charge in [0.2, 0.25) is 0 Å². The van der Waals surface area contributed by atoms with Gasteiger partial charge in [-0.2, -0.15) is 0 Å². The van der Waals surface area contributed by atoms with Gasteiger partial charge in [0.15, 0.2) is 0 Å². The van der Waals surface area contributed by atoms with Crippen LogP contribution in [0.4, 0.5) is 0 Å². The van der Waals surface area contributed by atoms with E-state index in [0.29, 0.717) is 0 Å². The Bertz CT molecular complexity index is 236. The van der Waals surface area contributed by atoms with Crippen molar-refractivity contribution in [1.29, 1.82) is 0 Å². The molecule has 0 saturated carbocycles. The number of hydrogen-bond acceptors (Lipinski definition) is 4. The van der Waals surface area contributed by atoms with Crippen LogP contribution in [-0.2, 0) is 0 Å². The summed E-state index contributed by atoms with van der Waals surface area (Å²) >= 11 is 0. The van der Waals surface area contributed by atoms with Crippen molar-refractivity contribution < 1.29 is 20.3 Å². The van der Waals surface area contributed by atoms with Crippen LogP contribution in [0.1, 0.15) is 53.4 Å². The van der Waals surface area contributed by atoms with E-state index in [9.17, 15) is 0 Å². The summed E-state index contributed by atoms with van der Waals surface area (Å²) in [6.07, 6.45) is 6.08. The SMILES string of the molecule is CC(C)(O)C(C)(C)O.OB(O)C1=CCCCC1. The molecule has 0 aromatic heterocycles. The number of allylic oxidation sites excluding steroid dienone is 2. The van der Waals surface area contributed by atoms with Crippen LogP contribution in [0.3, 0.4) is 0 Å². The first kappa shape index (κ1) is 16.6. The summed E-state index contributed by atoms with van der Waals surface area (Å²) in [5, 5.41) is 35.5. The Morgan fingerprint density at radius 2 is 1.47 bits per heavy atom. The molecule has 100 valence electrons. The maximum absolute atomic E-state index is 9.10. The molecule has 0 saturated heterocycles. The Labute approximate surface area is 104 Å². The van der Waals surface area contributed by atoms with Gasteiger partial charge in [0.1, 0.15) is 0 Å². The first-order valence-electron chi connectivity index (χ1n) is 6.05. The topological polar surface area (TPSA) is 80.9 Å². The minimum atomic E-state index is -1.20. The molecule has 0 bridgehead atoms. The normalized spacial score (nSPS) is 16.8. The van der Waals surface area contributed by atoms with Gasteiger partial charge in [0, 0.05) is 0 Å². The predicted octanol–water partition coefficient (Wildman–Crippen LogP) is 1.03. The van der Waals surface area contributed by atoms with Gasteiger partial charge in [-0.3, -0.25) is 0 Å². The largest absolute Gasteiger partial charge is 0.483 e. The summed E-state index contributed by atoms with van der Waals surface area (Å²) in [6, 6.07) is 0. The van der Waals surface area contributed by atoms with E-state index >= 15 is 0 Å². The van der Waals surface area contributed by atoms with Crippen LogP contribution < -0.4 is 0 Å². The van der Waals surface area contributed by atoms with Crippen molar-refractivity contribution >= 4 is 7.12 Å². The molecule has 4 nitrogen and oxygen atoms in total. The van der Waals surface area contributed by atoms with E-state index in [0.717, 1.165) is 24.7 Å². The molecule has 0 atom stereocenters. The molecule has 0 aliphatic heterocycles. The van der Waals surface area contributed by atoms with E-state index in [1.165, 1.54) is 6.42 Å². The third-order valence-electron chi connectivity index (χ3n) is 3.15. The van der Waals surface area contributed by atoms with Crippen molar-refractivity contribution in [3.8, 4) is 0 Å². The highest BCUT2D eigenvalue weighted by atomic mass is 16.4. The zero-order valence-corrected chi connectivity index (χ0v) is 11.3. The monoisotopic (exact) mass is 244 g/mol. The lowest BCUT2D eigenvalue weighted by Crippen LogP contribution is -2.44. The molecule has 4 N–H and O–H groups in total. The first-order valence-corrected chi connectivity index (χ1v) is 6.05. The summed E-state index contributed by atoms with van der Waals surface area (Å²) < 4.78 is 0. The fourth-order valence-electron chi connectivity index (χ4n) is 1.10. The Balaban J connectivity index is 0.000000304. The van der Waals surface area contributed by atoms with Crippen LogP contribution in [-0.4, -0.2) is 38.6 Å². The molecule has 1 rings (SSSR count). The molecular formula is C12H25BO4. The molecule has 0 aromatic carbocycles. The molecule has 0 amide bonds. The van der Waals surface area contributed by atoms with Crippen LogP contribution in [0.2, 0.25) is 0 Å². The van der Waals surface area contributed by atoms with E-state index < -0.39 is 18.3 Å². The molecule has 0 spiro atoms. The van der Waals surface area contributed by atoms with E-state index in [2.05, 4.69) is 0 Å². The maximum Gasteiger partial charge on any atom is 0.483 e. The van der Waals surface area contributed by atoms with Crippen molar-refractivity contribution in [2.24, 2.45) is 0 Å². The molecule has 1 aliphatic carbocycles. The fraction of sp³-hybridized carbons (Fsp3) is 0.833. The van der Waals surface area contributed by atoms with Crippen molar-refractivity contribution in [3.63, 3.8) is 0 Å². The zero-order valence-electron chi connectivity index (χ0n) is 11.3. The molecule has 0 radical (unpaired) electrons. The Kier molecular flexibility index (Phi) is 6.41. The molecular weight excluding hydrogens is 219 g/mol. The van der Waals surface area contributed by atoms with Crippen molar-refractivity contribution in [1.82, 2.24) is 0 Å². The number of aliphatic hydroxyl groups is 2. The van der Waals surface area contributed by atoms with Gasteiger partial charge in [-0.15, -0.1) is 0 Å². The van der Waals surface area contributed by atoms with Crippen LogP contribution in [0.5, 0.6) is 0 Å². The lowest BCUT2D eigenvalue weighted by molar-refractivity contribution is -0.107. The van der Waals surface area contributed by atoms with Crippen molar-refractivity contribution in [2.75, 3.05) is 0 Å². The van der Waals surface area contributed by atoms with Gasteiger partial charge < -0.3 is 20.3 Å². The standard InChI is InChI=1S/C6H11BO2.C6H14O2/c8-7(9)6-4-2-1-3-5-6;1-5(2,7)6(3,4)8/h4,8-9H,1-3,5H2;7-8H,1-4H3. The van der Waals surface area contributed by atoms with E-state index in [1.54, 1.807) is 27.7 Å². The molecule has 1 aliphatic rings. The second-order valence-electron chi connectivity index (χ2n) is 5.52. The number of rotatable bonds is 2. The molecule has 0 aromatic rings. The van der Waals surface area contributed by atoms with Crippen LogP contribution >= 0.6 is 0 Å². The Morgan fingerprint density at radius 1 is 1.00 bits per heavy atom. The van der Waals surface area contributed by atoms with Crippen LogP contribution in [0.15, 0.2) is 11.5 Å². The van der Waals surface area contributed by atoms with Crippen LogP contribution in [0.25, 0.3) is 0 Å². The predicted molar refractivity (Wildman–Crippen MR) is 69.3 cm³/mol. The third kappa shape index (κ3) is 6.83. The third-order valence-corrected chi connectivity index (χ3v) is 3.15. The molecule has 5 heteroatoms. The second kappa shape index (κ2) is 6.54. The summed E-state index contributed by atoms with van der Waals surface area (Å²) in [7, 11) is -1.20. The van der Waals surface area contributed by atoms with Gasteiger partial charge in [0.25, 0.3) is 0 Å². The van der Waals surface area contributed by atoms with Gasteiger partial charge in [-0.1, -0.05) is 6.08 Å². The minimum Gasteiger partial charge on any atom is -0.423 e. The summed E-state index contributed by atoms with van der Waals surface area (Å²) in [5.74, 6) is 0. The lowest BCUT2D eigenvalue weighted by Gasteiger charge is -2.31. The summed E-state index contributed by atoms with van der Waals surface area (Å²) in [6.45, 7) is 6.31. The maximum atomic E-state index is 9.10. The summed E-state index contributed by atoms with van der Waals surface area (Å²) in [5.41, 5.74) is -1.22. The molecule has 0 heterocycles. The van der Waals surface area contributed by atoms with Crippen molar-refractivity contribution in [3.05, 3.63) is 11.5 Å². The summed E-state index contributed by atoms with van der Waals surface area (Å²) in [4.78, 5) is 0. The average molecular weight is 244 g/mol.